The largest absolute Gasteiger partial charge is 0.316 e. The molecule has 0 aliphatic carbocycles. The fourth-order valence-corrected chi connectivity index (χ4v) is 2.73. The molecule has 3 nitrogen and oxygen atoms in total. The standard InChI is InChI=1S/C11H19N3S/c1-9-11(15-8-14-9)7-13-6-10-3-2-4-12-5-10/h8,10,12-13H,2-7H2,1H3. The number of aromatic nitrogens is 1. The lowest BCUT2D eigenvalue weighted by Crippen LogP contribution is -2.35. The molecule has 1 aromatic rings. The van der Waals surface area contributed by atoms with E-state index in [1.807, 2.05) is 5.51 Å². The van der Waals surface area contributed by atoms with Gasteiger partial charge in [0.05, 0.1) is 11.2 Å². The van der Waals surface area contributed by atoms with Crippen LogP contribution in [0.2, 0.25) is 0 Å². The third kappa shape index (κ3) is 3.26. The monoisotopic (exact) mass is 225 g/mol. The Labute approximate surface area is 95.3 Å². The van der Waals surface area contributed by atoms with Crippen molar-refractivity contribution in [3.8, 4) is 0 Å². The summed E-state index contributed by atoms with van der Waals surface area (Å²) in [7, 11) is 0. The van der Waals surface area contributed by atoms with Crippen LogP contribution < -0.4 is 10.6 Å². The van der Waals surface area contributed by atoms with Gasteiger partial charge < -0.3 is 10.6 Å². The van der Waals surface area contributed by atoms with Crippen LogP contribution >= 0.6 is 11.3 Å². The number of rotatable bonds is 4. The lowest BCUT2D eigenvalue weighted by atomic mass is 10.00. The van der Waals surface area contributed by atoms with Crippen LogP contribution in [0.15, 0.2) is 5.51 Å². The third-order valence-corrected chi connectivity index (χ3v) is 3.90. The topological polar surface area (TPSA) is 37.0 Å². The van der Waals surface area contributed by atoms with Crippen molar-refractivity contribution in [2.45, 2.75) is 26.3 Å². The summed E-state index contributed by atoms with van der Waals surface area (Å²) < 4.78 is 0. The summed E-state index contributed by atoms with van der Waals surface area (Å²) in [5, 5.41) is 6.97. The van der Waals surface area contributed by atoms with Crippen molar-refractivity contribution in [3.05, 3.63) is 16.1 Å². The summed E-state index contributed by atoms with van der Waals surface area (Å²) in [4.78, 5) is 5.62. The Morgan fingerprint density at radius 3 is 3.27 bits per heavy atom. The highest BCUT2D eigenvalue weighted by Crippen LogP contribution is 2.12. The molecule has 1 aromatic heterocycles. The van der Waals surface area contributed by atoms with Crippen molar-refractivity contribution >= 4 is 11.3 Å². The van der Waals surface area contributed by atoms with Crippen LogP contribution in [0.3, 0.4) is 0 Å². The fourth-order valence-electron chi connectivity index (χ4n) is 1.98. The Morgan fingerprint density at radius 2 is 2.60 bits per heavy atom. The van der Waals surface area contributed by atoms with Gasteiger partial charge in [0, 0.05) is 11.4 Å². The molecule has 2 rings (SSSR count). The van der Waals surface area contributed by atoms with Gasteiger partial charge in [0.15, 0.2) is 0 Å². The molecular formula is C11H19N3S. The molecule has 2 heterocycles. The van der Waals surface area contributed by atoms with Crippen LogP contribution in [-0.2, 0) is 6.54 Å². The zero-order chi connectivity index (χ0) is 10.5. The SMILES string of the molecule is Cc1ncsc1CNCC1CCCNC1. The number of piperidine rings is 1. The predicted octanol–water partition coefficient (Wildman–Crippen LogP) is 1.54. The van der Waals surface area contributed by atoms with Gasteiger partial charge in [-0.15, -0.1) is 11.3 Å². The lowest BCUT2D eigenvalue weighted by Gasteiger charge is -2.22. The van der Waals surface area contributed by atoms with Gasteiger partial charge in [0.1, 0.15) is 0 Å². The van der Waals surface area contributed by atoms with Crippen LogP contribution in [0.5, 0.6) is 0 Å². The molecule has 1 saturated heterocycles. The summed E-state index contributed by atoms with van der Waals surface area (Å²) in [5.41, 5.74) is 3.10. The summed E-state index contributed by atoms with van der Waals surface area (Å²) in [6, 6.07) is 0. The molecule has 1 aliphatic rings. The Morgan fingerprint density at radius 1 is 1.67 bits per heavy atom. The highest BCUT2D eigenvalue weighted by molar-refractivity contribution is 7.09. The molecule has 84 valence electrons. The quantitative estimate of drug-likeness (QED) is 0.816. The first kappa shape index (κ1) is 11.0. The number of nitrogens with zero attached hydrogens (tertiary/aromatic N) is 1. The first-order chi connectivity index (χ1) is 7.36. The minimum atomic E-state index is 0.812. The second-order valence-corrected chi connectivity index (χ2v) is 5.14. The van der Waals surface area contributed by atoms with Crippen LogP contribution in [0, 0.1) is 12.8 Å². The van der Waals surface area contributed by atoms with Crippen LogP contribution in [0.1, 0.15) is 23.4 Å². The van der Waals surface area contributed by atoms with Gasteiger partial charge in [-0.25, -0.2) is 4.98 Å². The summed E-state index contributed by atoms with van der Waals surface area (Å²) in [6.45, 7) is 6.56. The zero-order valence-corrected chi connectivity index (χ0v) is 10.1. The smallest absolute Gasteiger partial charge is 0.0798 e. The fraction of sp³-hybridized carbons (Fsp3) is 0.727. The average Bonchev–Trinajstić information content (AvgIpc) is 2.66. The summed E-state index contributed by atoms with van der Waals surface area (Å²) in [6.07, 6.45) is 2.69. The maximum Gasteiger partial charge on any atom is 0.0798 e. The Hall–Kier alpha value is -0.450. The van der Waals surface area contributed by atoms with Crippen LogP contribution in [0.4, 0.5) is 0 Å². The van der Waals surface area contributed by atoms with E-state index in [-0.39, 0.29) is 0 Å². The molecule has 0 bridgehead atoms. The average molecular weight is 225 g/mol. The van der Waals surface area contributed by atoms with Crippen molar-refractivity contribution in [2.75, 3.05) is 19.6 Å². The first-order valence-corrected chi connectivity index (χ1v) is 6.54. The van der Waals surface area contributed by atoms with Crippen molar-refractivity contribution < 1.29 is 0 Å². The molecule has 0 aromatic carbocycles. The molecule has 1 unspecified atom stereocenters. The highest BCUT2D eigenvalue weighted by atomic mass is 32.1. The molecule has 1 fully saturated rings. The van der Waals surface area contributed by atoms with E-state index in [0.29, 0.717) is 0 Å². The number of hydrogen-bond donors (Lipinski definition) is 2. The van der Waals surface area contributed by atoms with Crippen LogP contribution in [-0.4, -0.2) is 24.6 Å². The molecule has 15 heavy (non-hydrogen) atoms. The van der Waals surface area contributed by atoms with Crippen LogP contribution in [0.25, 0.3) is 0 Å². The van der Waals surface area contributed by atoms with Gasteiger partial charge >= 0.3 is 0 Å². The van der Waals surface area contributed by atoms with Crippen molar-refractivity contribution in [2.24, 2.45) is 5.92 Å². The van der Waals surface area contributed by atoms with E-state index in [1.54, 1.807) is 11.3 Å². The number of nitrogens with one attached hydrogen (secondary N) is 2. The molecule has 2 N–H and O–H groups in total. The number of hydrogen-bond acceptors (Lipinski definition) is 4. The minimum absolute atomic E-state index is 0.812. The molecule has 0 radical (unpaired) electrons. The summed E-state index contributed by atoms with van der Waals surface area (Å²) >= 11 is 1.75. The van der Waals surface area contributed by atoms with Crippen molar-refractivity contribution in [1.29, 1.82) is 0 Å². The molecule has 0 amide bonds. The Balaban J connectivity index is 1.68. The van der Waals surface area contributed by atoms with E-state index in [9.17, 15) is 0 Å². The second-order valence-electron chi connectivity index (χ2n) is 4.20. The normalized spacial score (nSPS) is 21.8. The Kier molecular flexibility index (Phi) is 4.11. The lowest BCUT2D eigenvalue weighted by molar-refractivity contribution is 0.360. The molecule has 1 aliphatic heterocycles. The van der Waals surface area contributed by atoms with Gasteiger partial charge in [-0.2, -0.15) is 0 Å². The zero-order valence-electron chi connectivity index (χ0n) is 9.25. The van der Waals surface area contributed by atoms with Gasteiger partial charge in [0.2, 0.25) is 0 Å². The number of aryl methyl sites for hydroxylation is 1. The van der Waals surface area contributed by atoms with Crippen molar-refractivity contribution in [1.82, 2.24) is 15.6 Å². The molecule has 4 heteroatoms. The number of thiazole rings is 1. The van der Waals surface area contributed by atoms with Gasteiger partial charge in [-0.05, 0) is 45.3 Å². The summed E-state index contributed by atoms with van der Waals surface area (Å²) in [5.74, 6) is 0.812. The van der Waals surface area contributed by atoms with Gasteiger partial charge in [-0.3, -0.25) is 0 Å². The maximum absolute atomic E-state index is 4.25. The van der Waals surface area contributed by atoms with E-state index in [2.05, 4.69) is 22.5 Å². The van der Waals surface area contributed by atoms with Gasteiger partial charge in [-0.1, -0.05) is 0 Å². The van der Waals surface area contributed by atoms with E-state index in [0.717, 1.165) is 19.0 Å². The molecule has 0 saturated carbocycles. The van der Waals surface area contributed by atoms with Crippen molar-refractivity contribution in [3.63, 3.8) is 0 Å². The Bertz CT molecular complexity index is 292. The van der Waals surface area contributed by atoms with E-state index in [1.165, 1.54) is 36.5 Å². The maximum atomic E-state index is 4.25. The molecule has 1 atom stereocenters. The highest BCUT2D eigenvalue weighted by Gasteiger charge is 2.12. The second kappa shape index (κ2) is 5.58. The minimum Gasteiger partial charge on any atom is -0.316 e. The van der Waals surface area contributed by atoms with E-state index >= 15 is 0 Å². The van der Waals surface area contributed by atoms with Gasteiger partial charge in [0.25, 0.3) is 0 Å². The first-order valence-electron chi connectivity index (χ1n) is 5.66. The van der Waals surface area contributed by atoms with E-state index < -0.39 is 0 Å². The predicted molar refractivity (Wildman–Crippen MR) is 64.2 cm³/mol. The van der Waals surface area contributed by atoms with E-state index in [4.69, 9.17) is 0 Å². The third-order valence-electron chi connectivity index (χ3n) is 2.96. The molecular weight excluding hydrogens is 206 g/mol. The molecule has 0 spiro atoms.